The third-order valence-corrected chi connectivity index (χ3v) is 3.38. The fourth-order valence-electron chi connectivity index (χ4n) is 2.54. The first-order chi connectivity index (χ1) is 6.77. The van der Waals surface area contributed by atoms with E-state index in [-0.39, 0.29) is 6.04 Å². The number of hydrogen-bond donors (Lipinski definition) is 3. The minimum Gasteiger partial charge on any atom is -0.480 e. The molecule has 2 saturated heterocycles. The quantitative estimate of drug-likeness (QED) is 0.593. The number of nitrogens with one attached hydrogen (secondary N) is 2. The Morgan fingerprint density at radius 2 is 2.14 bits per heavy atom. The van der Waals surface area contributed by atoms with Crippen LogP contribution in [0.2, 0.25) is 0 Å². The smallest absolute Gasteiger partial charge is 0.320 e. The molecule has 0 bridgehead atoms. The van der Waals surface area contributed by atoms with Crippen molar-refractivity contribution < 1.29 is 9.90 Å². The van der Waals surface area contributed by atoms with E-state index in [1.165, 1.54) is 19.3 Å². The van der Waals surface area contributed by atoms with Gasteiger partial charge in [-0.1, -0.05) is 6.42 Å². The van der Waals surface area contributed by atoms with Gasteiger partial charge in [-0.2, -0.15) is 0 Å². The minimum atomic E-state index is -0.705. The molecule has 3 N–H and O–H groups in total. The minimum absolute atomic E-state index is 0.316. The van der Waals surface area contributed by atoms with Crippen molar-refractivity contribution in [3.8, 4) is 0 Å². The second kappa shape index (κ2) is 4.28. The van der Waals surface area contributed by atoms with Gasteiger partial charge in [0.25, 0.3) is 0 Å². The molecule has 0 amide bonds. The maximum Gasteiger partial charge on any atom is 0.320 e. The fraction of sp³-hybridized carbons (Fsp3) is 0.900. The molecule has 4 heteroatoms. The third-order valence-electron chi connectivity index (χ3n) is 3.38. The van der Waals surface area contributed by atoms with E-state index in [9.17, 15) is 4.79 Å². The van der Waals surface area contributed by atoms with Gasteiger partial charge in [0.05, 0.1) is 0 Å². The SMILES string of the molecule is O=C(O)C1CC(C2CCCCN2)CN1. The highest BCUT2D eigenvalue weighted by Crippen LogP contribution is 2.23. The Labute approximate surface area is 84.1 Å². The molecule has 3 unspecified atom stereocenters. The average Bonchev–Trinajstić information content (AvgIpc) is 2.68. The van der Waals surface area contributed by atoms with Gasteiger partial charge < -0.3 is 15.7 Å². The summed E-state index contributed by atoms with van der Waals surface area (Å²) in [6, 6.07) is 0.226. The van der Waals surface area contributed by atoms with Crippen LogP contribution in [0.5, 0.6) is 0 Å². The summed E-state index contributed by atoms with van der Waals surface area (Å²) in [4.78, 5) is 10.7. The maximum atomic E-state index is 10.7. The Morgan fingerprint density at radius 3 is 2.71 bits per heavy atom. The molecule has 3 atom stereocenters. The Morgan fingerprint density at radius 1 is 1.29 bits per heavy atom. The van der Waals surface area contributed by atoms with Crippen LogP contribution in [0.3, 0.4) is 0 Å². The van der Waals surface area contributed by atoms with Gasteiger partial charge >= 0.3 is 5.97 Å². The van der Waals surface area contributed by atoms with Gasteiger partial charge in [0.15, 0.2) is 0 Å². The molecule has 2 rings (SSSR count). The van der Waals surface area contributed by atoms with Crippen molar-refractivity contribution in [3.05, 3.63) is 0 Å². The second-order valence-corrected chi connectivity index (χ2v) is 4.35. The van der Waals surface area contributed by atoms with Crippen LogP contribution >= 0.6 is 0 Å². The normalized spacial score (nSPS) is 38.4. The number of carboxylic acids is 1. The Kier molecular flexibility index (Phi) is 3.03. The molecule has 2 aliphatic rings. The summed E-state index contributed by atoms with van der Waals surface area (Å²) in [6.07, 6.45) is 4.54. The van der Waals surface area contributed by atoms with Gasteiger partial charge in [0, 0.05) is 12.6 Å². The number of hydrogen-bond acceptors (Lipinski definition) is 3. The highest BCUT2D eigenvalue weighted by atomic mass is 16.4. The molecule has 0 aromatic rings. The molecule has 14 heavy (non-hydrogen) atoms. The summed E-state index contributed by atoms with van der Waals surface area (Å²) in [5.74, 6) is -0.195. The van der Waals surface area contributed by atoms with Crippen LogP contribution in [-0.2, 0) is 4.79 Å². The molecule has 0 saturated carbocycles. The zero-order chi connectivity index (χ0) is 9.97. The van der Waals surface area contributed by atoms with Gasteiger partial charge in [-0.25, -0.2) is 0 Å². The Hall–Kier alpha value is -0.610. The number of piperidine rings is 1. The van der Waals surface area contributed by atoms with Crippen molar-refractivity contribution in [3.63, 3.8) is 0 Å². The lowest BCUT2D eigenvalue weighted by Crippen LogP contribution is -2.40. The van der Waals surface area contributed by atoms with E-state index >= 15 is 0 Å². The highest BCUT2D eigenvalue weighted by molar-refractivity contribution is 5.73. The van der Waals surface area contributed by atoms with E-state index in [0.29, 0.717) is 12.0 Å². The molecule has 80 valence electrons. The summed E-state index contributed by atoms with van der Waals surface area (Å²) >= 11 is 0. The highest BCUT2D eigenvalue weighted by Gasteiger charge is 2.34. The van der Waals surface area contributed by atoms with Crippen molar-refractivity contribution in [2.24, 2.45) is 5.92 Å². The van der Waals surface area contributed by atoms with Crippen molar-refractivity contribution in [2.45, 2.75) is 37.8 Å². The third kappa shape index (κ3) is 2.07. The number of aliphatic carboxylic acids is 1. The van der Waals surface area contributed by atoms with E-state index < -0.39 is 5.97 Å². The Balaban J connectivity index is 1.85. The van der Waals surface area contributed by atoms with Crippen LogP contribution in [0.15, 0.2) is 0 Å². The molecule has 0 aliphatic carbocycles. The van der Waals surface area contributed by atoms with Gasteiger partial charge in [-0.05, 0) is 31.7 Å². The van der Waals surface area contributed by atoms with Gasteiger partial charge in [-0.15, -0.1) is 0 Å². The Bertz CT molecular complexity index is 214. The topological polar surface area (TPSA) is 61.4 Å². The van der Waals surface area contributed by atoms with Crippen LogP contribution in [0, 0.1) is 5.92 Å². The summed E-state index contributed by atoms with van der Waals surface area (Å²) < 4.78 is 0. The van der Waals surface area contributed by atoms with Gasteiger partial charge in [-0.3, -0.25) is 4.79 Å². The van der Waals surface area contributed by atoms with Gasteiger partial charge in [0.1, 0.15) is 6.04 Å². The van der Waals surface area contributed by atoms with Crippen molar-refractivity contribution in [2.75, 3.05) is 13.1 Å². The lowest BCUT2D eigenvalue weighted by molar-refractivity contribution is -0.139. The van der Waals surface area contributed by atoms with Crippen molar-refractivity contribution >= 4 is 5.97 Å². The summed E-state index contributed by atoms with van der Waals surface area (Å²) in [5, 5.41) is 15.4. The first-order valence-corrected chi connectivity index (χ1v) is 5.47. The fourth-order valence-corrected chi connectivity index (χ4v) is 2.54. The van der Waals surface area contributed by atoms with Gasteiger partial charge in [0.2, 0.25) is 0 Å². The average molecular weight is 198 g/mol. The predicted molar refractivity (Wildman–Crippen MR) is 53.2 cm³/mol. The molecular weight excluding hydrogens is 180 g/mol. The van der Waals surface area contributed by atoms with E-state index in [4.69, 9.17) is 5.11 Å². The largest absolute Gasteiger partial charge is 0.480 e. The summed E-state index contributed by atoms with van der Waals surface area (Å²) in [7, 11) is 0. The van der Waals surface area contributed by atoms with Crippen LogP contribution in [0.25, 0.3) is 0 Å². The van der Waals surface area contributed by atoms with E-state index in [2.05, 4.69) is 10.6 Å². The molecule has 0 aromatic carbocycles. The molecule has 4 nitrogen and oxygen atoms in total. The molecular formula is C10H18N2O2. The molecule has 0 aromatic heterocycles. The number of rotatable bonds is 2. The zero-order valence-corrected chi connectivity index (χ0v) is 8.33. The number of carbonyl (C=O) groups is 1. The molecule has 0 radical (unpaired) electrons. The summed E-state index contributed by atoms with van der Waals surface area (Å²) in [5.41, 5.74) is 0. The molecule has 2 fully saturated rings. The predicted octanol–water partition coefficient (Wildman–Crippen LogP) is 0.191. The standard InChI is InChI=1S/C10H18N2O2/c13-10(14)9-5-7(6-12-9)8-3-1-2-4-11-8/h7-9,11-12H,1-6H2,(H,13,14). The first kappa shape index (κ1) is 9.93. The maximum absolute atomic E-state index is 10.7. The molecule has 2 aliphatic heterocycles. The van der Waals surface area contributed by atoms with E-state index in [1.807, 2.05) is 0 Å². The van der Waals surface area contributed by atoms with E-state index in [1.54, 1.807) is 0 Å². The monoisotopic (exact) mass is 198 g/mol. The lowest BCUT2D eigenvalue weighted by atomic mass is 9.90. The second-order valence-electron chi connectivity index (χ2n) is 4.35. The van der Waals surface area contributed by atoms with Crippen LogP contribution in [0.4, 0.5) is 0 Å². The van der Waals surface area contributed by atoms with E-state index in [0.717, 1.165) is 19.5 Å². The molecule has 2 heterocycles. The zero-order valence-electron chi connectivity index (χ0n) is 8.33. The van der Waals surface area contributed by atoms with Crippen LogP contribution < -0.4 is 10.6 Å². The lowest BCUT2D eigenvalue weighted by Gasteiger charge is -2.28. The van der Waals surface area contributed by atoms with Crippen molar-refractivity contribution in [1.82, 2.24) is 10.6 Å². The van der Waals surface area contributed by atoms with Crippen molar-refractivity contribution in [1.29, 1.82) is 0 Å². The summed E-state index contributed by atoms with van der Waals surface area (Å²) in [6.45, 7) is 1.95. The van der Waals surface area contributed by atoms with Crippen LogP contribution in [-0.4, -0.2) is 36.2 Å². The first-order valence-electron chi connectivity index (χ1n) is 5.47. The van der Waals surface area contributed by atoms with Crippen LogP contribution in [0.1, 0.15) is 25.7 Å². The molecule has 0 spiro atoms. The number of carboxylic acid groups (broad SMARTS) is 1.